The van der Waals surface area contributed by atoms with Crippen molar-refractivity contribution in [3.05, 3.63) is 59.8 Å². The number of pyridine rings is 1. The number of rotatable bonds is 4. The van der Waals surface area contributed by atoms with E-state index in [-0.39, 0.29) is 5.95 Å². The smallest absolute Gasteiger partial charge is 0.223 e. The van der Waals surface area contributed by atoms with Crippen LogP contribution in [0, 0.1) is 18.3 Å². The zero-order valence-corrected chi connectivity index (χ0v) is 13.0. The zero-order chi connectivity index (χ0) is 16.9. The fraction of sp³-hybridized carbons (Fsp3) is 0.0588. The zero-order valence-electron chi connectivity index (χ0n) is 13.0. The van der Waals surface area contributed by atoms with Crippen LogP contribution in [0.15, 0.2) is 48.5 Å². The molecule has 1 aromatic carbocycles. The van der Waals surface area contributed by atoms with Gasteiger partial charge in [-0.1, -0.05) is 18.2 Å². The van der Waals surface area contributed by atoms with Crippen molar-refractivity contribution in [1.29, 1.82) is 5.26 Å². The maximum Gasteiger partial charge on any atom is 0.223 e. The van der Waals surface area contributed by atoms with Crippen molar-refractivity contribution in [2.24, 2.45) is 0 Å². The van der Waals surface area contributed by atoms with Crippen LogP contribution in [-0.4, -0.2) is 15.0 Å². The minimum atomic E-state index is 0.115. The molecule has 0 aliphatic heterocycles. The number of nitriles is 1. The van der Waals surface area contributed by atoms with Crippen LogP contribution in [0.5, 0.6) is 0 Å². The molecular formula is C17H15N7. The molecule has 0 radical (unpaired) electrons. The summed E-state index contributed by atoms with van der Waals surface area (Å²) in [7, 11) is 0. The number of hydrogen-bond acceptors (Lipinski definition) is 7. The Bertz CT molecular complexity index is 915. The molecule has 0 saturated heterocycles. The van der Waals surface area contributed by atoms with Gasteiger partial charge in [0.05, 0.1) is 11.3 Å². The Morgan fingerprint density at radius 3 is 2.42 bits per heavy atom. The second kappa shape index (κ2) is 6.62. The summed E-state index contributed by atoms with van der Waals surface area (Å²) in [5.74, 6) is 1.78. The van der Waals surface area contributed by atoms with Crippen molar-refractivity contribution < 1.29 is 0 Å². The number of nitrogens with two attached hydrogens (primary N) is 1. The lowest BCUT2D eigenvalue weighted by molar-refractivity contribution is 1.15. The highest BCUT2D eigenvalue weighted by Gasteiger charge is 2.06. The van der Waals surface area contributed by atoms with Crippen LogP contribution in [0.25, 0.3) is 0 Å². The summed E-state index contributed by atoms with van der Waals surface area (Å²) < 4.78 is 0. The molecule has 0 fully saturated rings. The third-order valence-corrected chi connectivity index (χ3v) is 3.20. The van der Waals surface area contributed by atoms with Gasteiger partial charge in [0.25, 0.3) is 0 Å². The van der Waals surface area contributed by atoms with Gasteiger partial charge < -0.3 is 16.4 Å². The van der Waals surface area contributed by atoms with Crippen molar-refractivity contribution in [2.45, 2.75) is 6.92 Å². The van der Waals surface area contributed by atoms with Crippen LogP contribution < -0.4 is 16.4 Å². The Hall–Kier alpha value is -3.66. The second-order valence-electron chi connectivity index (χ2n) is 5.07. The van der Waals surface area contributed by atoms with Gasteiger partial charge in [-0.3, -0.25) is 0 Å². The van der Waals surface area contributed by atoms with Crippen molar-refractivity contribution in [2.75, 3.05) is 16.4 Å². The van der Waals surface area contributed by atoms with E-state index in [1.807, 2.05) is 31.2 Å². The highest BCUT2D eigenvalue weighted by molar-refractivity contribution is 5.67. The van der Waals surface area contributed by atoms with E-state index in [0.29, 0.717) is 28.7 Å². The summed E-state index contributed by atoms with van der Waals surface area (Å²) in [5.41, 5.74) is 7.84. The van der Waals surface area contributed by atoms with Gasteiger partial charge in [-0.25, -0.2) is 4.98 Å². The van der Waals surface area contributed by atoms with Gasteiger partial charge in [0.15, 0.2) is 0 Å². The first kappa shape index (κ1) is 15.2. The molecular weight excluding hydrogens is 302 g/mol. The summed E-state index contributed by atoms with van der Waals surface area (Å²) in [6.45, 7) is 1.91. The first-order valence-electron chi connectivity index (χ1n) is 7.25. The van der Waals surface area contributed by atoms with E-state index in [1.54, 1.807) is 24.3 Å². The van der Waals surface area contributed by atoms with E-state index in [1.165, 1.54) is 0 Å². The topological polar surface area (TPSA) is 113 Å². The number of nitrogen functional groups attached to an aromatic ring is 1. The standard InChI is InChI=1S/C17H15N7/c1-11-5-4-8-14(20-11)22-16-9-15(23-17(19)24-16)21-13-7-3-2-6-12(13)10-18/h2-9H,1H3,(H4,19,20,21,22,23,24). The van der Waals surface area contributed by atoms with Gasteiger partial charge >= 0.3 is 0 Å². The van der Waals surface area contributed by atoms with E-state index in [9.17, 15) is 0 Å². The Labute approximate surface area is 139 Å². The van der Waals surface area contributed by atoms with Crippen molar-refractivity contribution in [3.63, 3.8) is 0 Å². The monoisotopic (exact) mass is 317 g/mol. The number of hydrogen-bond donors (Lipinski definition) is 3. The van der Waals surface area contributed by atoms with Gasteiger partial charge in [-0.15, -0.1) is 0 Å². The van der Waals surface area contributed by atoms with Crippen LogP contribution in [0.2, 0.25) is 0 Å². The Kier molecular flexibility index (Phi) is 4.21. The van der Waals surface area contributed by atoms with Crippen LogP contribution >= 0.6 is 0 Å². The van der Waals surface area contributed by atoms with Gasteiger partial charge in [-0.05, 0) is 31.2 Å². The minimum absolute atomic E-state index is 0.115. The van der Waals surface area contributed by atoms with E-state index < -0.39 is 0 Å². The van der Waals surface area contributed by atoms with Crippen LogP contribution in [0.4, 0.5) is 29.1 Å². The average molecular weight is 317 g/mol. The third kappa shape index (κ3) is 3.56. The highest BCUT2D eigenvalue weighted by atomic mass is 15.1. The highest BCUT2D eigenvalue weighted by Crippen LogP contribution is 2.22. The average Bonchev–Trinajstić information content (AvgIpc) is 2.55. The predicted molar refractivity (Wildman–Crippen MR) is 93.1 cm³/mol. The molecule has 2 aromatic heterocycles. The van der Waals surface area contributed by atoms with E-state index in [4.69, 9.17) is 11.0 Å². The molecule has 3 aromatic rings. The van der Waals surface area contributed by atoms with E-state index >= 15 is 0 Å². The normalized spacial score (nSPS) is 10.0. The molecule has 7 heteroatoms. The molecule has 0 bridgehead atoms. The first-order valence-corrected chi connectivity index (χ1v) is 7.25. The number of anilines is 5. The Morgan fingerprint density at radius 2 is 1.67 bits per heavy atom. The van der Waals surface area contributed by atoms with Crippen molar-refractivity contribution >= 4 is 29.1 Å². The molecule has 7 nitrogen and oxygen atoms in total. The van der Waals surface area contributed by atoms with Crippen LogP contribution in [-0.2, 0) is 0 Å². The number of para-hydroxylation sites is 1. The SMILES string of the molecule is Cc1cccc(Nc2cc(Nc3ccccc3C#N)nc(N)n2)n1. The number of aromatic nitrogens is 3. The van der Waals surface area contributed by atoms with Gasteiger partial charge in [0.1, 0.15) is 23.5 Å². The second-order valence-corrected chi connectivity index (χ2v) is 5.07. The molecule has 4 N–H and O–H groups in total. The molecule has 0 aliphatic carbocycles. The lowest BCUT2D eigenvalue weighted by Gasteiger charge is -2.10. The quantitative estimate of drug-likeness (QED) is 0.677. The number of nitrogens with zero attached hydrogens (tertiary/aromatic N) is 4. The molecule has 24 heavy (non-hydrogen) atoms. The molecule has 0 saturated carbocycles. The summed E-state index contributed by atoms with van der Waals surface area (Å²) in [4.78, 5) is 12.7. The summed E-state index contributed by atoms with van der Waals surface area (Å²) >= 11 is 0. The Morgan fingerprint density at radius 1 is 0.917 bits per heavy atom. The molecule has 2 heterocycles. The van der Waals surface area contributed by atoms with Crippen molar-refractivity contribution in [3.8, 4) is 6.07 Å². The van der Waals surface area contributed by atoms with E-state index in [2.05, 4.69) is 31.7 Å². The fourth-order valence-corrected chi connectivity index (χ4v) is 2.17. The maximum atomic E-state index is 9.16. The van der Waals surface area contributed by atoms with Crippen LogP contribution in [0.1, 0.15) is 11.3 Å². The maximum absolute atomic E-state index is 9.16. The summed E-state index contributed by atoms with van der Waals surface area (Å²) in [5, 5.41) is 15.3. The lowest BCUT2D eigenvalue weighted by atomic mass is 10.2. The molecule has 118 valence electrons. The minimum Gasteiger partial charge on any atom is -0.368 e. The molecule has 0 spiro atoms. The van der Waals surface area contributed by atoms with Crippen molar-refractivity contribution in [1.82, 2.24) is 15.0 Å². The van der Waals surface area contributed by atoms with Gasteiger partial charge in [0.2, 0.25) is 5.95 Å². The number of benzene rings is 1. The fourth-order valence-electron chi connectivity index (χ4n) is 2.17. The van der Waals surface area contributed by atoms with E-state index in [0.717, 1.165) is 5.69 Å². The molecule has 0 atom stereocenters. The summed E-state index contributed by atoms with van der Waals surface area (Å²) in [6.07, 6.45) is 0. The Balaban J connectivity index is 1.88. The molecule has 0 aliphatic rings. The largest absolute Gasteiger partial charge is 0.368 e. The summed E-state index contributed by atoms with van der Waals surface area (Å²) in [6, 6.07) is 16.6. The van der Waals surface area contributed by atoms with Crippen LogP contribution in [0.3, 0.4) is 0 Å². The molecule has 0 unspecified atom stereocenters. The predicted octanol–water partition coefficient (Wildman–Crippen LogP) is 3.12. The van der Waals surface area contributed by atoms with Gasteiger partial charge in [0, 0.05) is 11.8 Å². The molecule has 0 amide bonds. The third-order valence-electron chi connectivity index (χ3n) is 3.20. The molecule has 3 rings (SSSR count). The number of aryl methyl sites for hydroxylation is 1. The van der Waals surface area contributed by atoms with Gasteiger partial charge in [-0.2, -0.15) is 15.2 Å². The lowest BCUT2D eigenvalue weighted by Crippen LogP contribution is -2.04. The number of nitrogens with one attached hydrogen (secondary N) is 2. The first-order chi connectivity index (χ1) is 11.6.